The first-order valence-electron chi connectivity index (χ1n) is 17.1. The predicted octanol–water partition coefficient (Wildman–Crippen LogP) is 8.88. The molecule has 0 spiro atoms. The topological polar surface area (TPSA) is 55.2 Å². The van der Waals surface area contributed by atoms with Crippen LogP contribution < -0.4 is 0 Å². The average molecular weight is 583 g/mol. The molecule has 1 N–H and O–H groups in total. The molecule has 3 saturated carbocycles. The van der Waals surface area contributed by atoms with Crippen molar-refractivity contribution in [3.8, 4) is 0 Å². The molecular weight excluding hydrogens is 520 g/mol. The van der Waals surface area contributed by atoms with Crippen molar-refractivity contribution in [1.82, 2.24) is 9.97 Å². The lowest BCUT2D eigenvalue weighted by Gasteiger charge is -2.57. The minimum absolute atomic E-state index is 0.0517. The molecule has 1 heterocycles. The number of nitrogens with zero attached hydrogens (tertiary/aromatic N) is 2. The summed E-state index contributed by atoms with van der Waals surface area (Å²) in [5.41, 5.74) is 3.01. The lowest BCUT2D eigenvalue weighted by Crippen LogP contribution is -2.54. The quantitative estimate of drug-likeness (QED) is 0.280. The van der Waals surface area contributed by atoms with Gasteiger partial charge in [-0.05, 0) is 109 Å². The third-order valence-electron chi connectivity index (χ3n) is 14.3. The van der Waals surface area contributed by atoms with Gasteiger partial charge < -0.3 is 9.53 Å². The zero-order chi connectivity index (χ0) is 30.1. The van der Waals surface area contributed by atoms with Crippen molar-refractivity contribution in [2.75, 3.05) is 13.2 Å². The summed E-state index contributed by atoms with van der Waals surface area (Å²) in [6.07, 6.45) is 16.2. The Morgan fingerprint density at radius 1 is 1.02 bits per heavy atom. The summed E-state index contributed by atoms with van der Waals surface area (Å²) in [4.78, 5) is 9.71. The maximum atomic E-state index is 11.4. The first-order chi connectivity index (χ1) is 19.1. The normalized spacial score (nSPS) is 39.3. The summed E-state index contributed by atoms with van der Waals surface area (Å²) < 4.78 is 7.00. The molecule has 4 aliphatic rings. The van der Waals surface area contributed by atoms with Crippen molar-refractivity contribution >= 4 is 8.32 Å². The summed E-state index contributed by atoms with van der Waals surface area (Å²) in [7, 11) is -1.89. The zero-order valence-electron chi connectivity index (χ0n) is 28.3. The fourth-order valence-electron chi connectivity index (χ4n) is 10.7. The molecule has 0 aromatic carbocycles. The van der Waals surface area contributed by atoms with Gasteiger partial charge in [-0.15, -0.1) is 0 Å². The Balaban J connectivity index is 1.44. The Morgan fingerprint density at radius 3 is 2.34 bits per heavy atom. The molecule has 3 fully saturated rings. The van der Waals surface area contributed by atoms with Gasteiger partial charge in [-0.1, -0.05) is 74.7 Å². The van der Waals surface area contributed by atoms with Gasteiger partial charge >= 0.3 is 0 Å². The molecule has 8 atom stereocenters. The van der Waals surface area contributed by atoms with Gasteiger partial charge in [0.25, 0.3) is 0 Å². The highest BCUT2D eigenvalue weighted by Gasteiger charge is 2.81. The molecule has 4 nitrogen and oxygen atoms in total. The van der Waals surface area contributed by atoms with Crippen molar-refractivity contribution in [1.29, 1.82) is 0 Å². The third-order valence-corrected chi connectivity index (χ3v) is 18.8. The van der Waals surface area contributed by atoms with E-state index >= 15 is 0 Å². The summed E-state index contributed by atoms with van der Waals surface area (Å²) in [6, 6.07) is 0. The van der Waals surface area contributed by atoms with E-state index in [-0.39, 0.29) is 21.3 Å². The van der Waals surface area contributed by atoms with E-state index in [0.29, 0.717) is 23.9 Å². The van der Waals surface area contributed by atoms with Crippen LogP contribution in [0.3, 0.4) is 0 Å². The standard InChI is InChI=1S/C36H62N2O2Si/c1-25(2)12-11-13-26(3)28-14-15-31-33(28,7)16-17-36(23-35(31,36)24-39)34(8)21-30-29(37-18-19-38-30)20-27(34)22-40-41(9,10)32(4,5)6/h18-19,25-28,31,39H,11-17,20-24H2,1-10H3/t26-,27-,28-,31-,33-,34+,35+,36+/m1/s1. The molecule has 1 aromatic rings. The van der Waals surface area contributed by atoms with Gasteiger partial charge in [0.15, 0.2) is 8.32 Å². The van der Waals surface area contributed by atoms with Crippen LogP contribution in [0.2, 0.25) is 18.1 Å². The van der Waals surface area contributed by atoms with Crippen LogP contribution in [0.1, 0.15) is 118 Å². The van der Waals surface area contributed by atoms with E-state index in [1.807, 2.05) is 12.4 Å². The van der Waals surface area contributed by atoms with E-state index in [2.05, 4.69) is 68.5 Å². The Bertz CT molecular complexity index is 1100. The van der Waals surface area contributed by atoms with Gasteiger partial charge in [0.05, 0.1) is 11.4 Å². The first-order valence-corrected chi connectivity index (χ1v) is 20.0. The number of aliphatic hydroxyl groups excluding tert-OH is 1. The second kappa shape index (κ2) is 10.7. The lowest BCUT2D eigenvalue weighted by molar-refractivity contribution is -0.0940. The molecule has 0 aliphatic heterocycles. The van der Waals surface area contributed by atoms with Gasteiger partial charge in [0, 0.05) is 31.0 Å². The van der Waals surface area contributed by atoms with Crippen molar-refractivity contribution < 1.29 is 9.53 Å². The number of aliphatic hydroxyl groups is 1. The van der Waals surface area contributed by atoms with E-state index in [9.17, 15) is 5.11 Å². The van der Waals surface area contributed by atoms with Crippen LogP contribution in [0.5, 0.6) is 0 Å². The largest absolute Gasteiger partial charge is 0.417 e. The Hall–Kier alpha value is -0.783. The molecule has 0 unspecified atom stereocenters. The minimum atomic E-state index is -1.89. The van der Waals surface area contributed by atoms with Crippen LogP contribution in [0, 0.1) is 51.2 Å². The predicted molar refractivity (Wildman–Crippen MR) is 172 cm³/mol. The van der Waals surface area contributed by atoms with Gasteiger partial charge in [-0.25, -0.2) is 0 Å². The van der Waals surface area contributed by atoms with E-state index < -0.39 is 8.32 Å². The minimum Gasteiger partial charge on any atom is -0.417 e. The Morgan fingerprint density at radius 2 is 1.71 bits per heavy atom. The highest BCUT2D eigenvalue weighted by molar-refractivity contribution is 6.74. The fraction of sp³-hybridized carbons (Fsp3) is 0.889. The van der Waals surface area contributed by atoms with Crippen LogP contribution in [-0.2, 0) is 17.3 Å². The van der Waals surface area contributed by atoms with Crippen molar-refractivity contribution in [2.24, 2.45) is 51.2 Å². The Labute approximate surface area is 253 Å². The first kappa shape index (κ1) is 31.6. The number of hydrogen-bond acceptors (Lipinski definition) is 4. The molecule has 5 rings (SSSR count). The van der Waals surface area contributed by atoms with Crippen LogP contribution in [0.25, 0.3) is 0 Å². The van der Waals surface area contributed by atoms with Gasteiger partial charge in [-0.3, -0.25) is 9.97 Å². The molecule has 4 aliphatic carbocycles. The van der Waals surface area contributed by atoms with Gasteiger partial charge in [0.1, 0.15) is 0 Å². The second-order valence-electron chi connectivity index (χ2n) is 17.6. The zero-order valence-corrected chi connectivity index (χ0v) is 29.3. The number of rotatable bonds is 10. The molecule has 0 radical (unpaired) electrons. The average Bonchev–Trinajstić information content (AvgIpc) is 3.47. The third kappa shape index (κ3) is 4.91. The lowest BCUT2D eigenvalue weighted by atomic mass is 9.48. The molecule has 5 heteroatoms. The summed E-state index contributed by atoms with van der Waals surface area (Å²) in [6.45, 7) is 25.4. The van der Waals surface area contributed by atoms with E-state index in [1.54, 1.807) is 0 Å². The van der Waals surface area contributed by atoms with Crippen LogP contribution >= 0.6 is 0 Å². The van der Waals surface area contributed by atoms with Crippen LogP contribution in [-0.4, -0.2) is 36.6 Å². The highest BCUT2D eigenvalue weighted by Crippen LogP contribution is 2.86. The maximum absolute atomic E-state index is 11.4. The molecule has 232 valence electrons. The number of aromatic nitrogens is 2. The molecular formula is C36H62N2O2Si. The maximum Gasteiger partial charge on any atom is 0.191 e. The van der Waals surface area contributed by atoms with Gasteiger partial charge in [-0.2, -0.15) is 0 Å². The second-order valence-corrected chi connectivity index (χ2v) is 22.4. The number of fused-ring (bicyclic) bond motifs is 4. The van der Waals surface area contributed by atoms with E-state index in [1.165, 1.54) is 62.8 Å². The molecule has 0 amide bonds. The van der Waals surface area contributed by atoms with Crippen molar-refractivity contribution in [3.63, 3.8) is 0 Å². The fourth-order valence-corrected chi connectivity index (χ4v) is 11.7. The SMILES string of the molecule is CC(C)CCC[C@@H](C)[C@H]1CC[C@@H]2[C@]1(C)CC[C@@]1([C@@]3(C)Cc4nccnc4C[C@@H]3CO[Si](C)(C)C(C)(C)C)C[C@]21CO. The summed E-state index contributed by atoms with van der Waals surface area (Å²) >= 11 is 0. The van der Waals surface area contributed by atoms with Crippen molar-refractivity contribution in [2.45, 2.75) is 138 Å². The smallest absolute Gasteiger partial charge is 0.191 e. The van der Waals surface area contributed by atoms with Crippen molar-refractivity contribution in [3.05, 3.63) is 23.8 Å². The number of hydrogen-bond donors (Lipinski definition) is 1. The summed E-state index contributed by atoms with van der Waals surface area (Å²) in [5, 5.41) is 11.6. The monoisotopic (exact) mass is 582 g/mol. The summed E-state index contributed by atoms with van der Waals surface area (Å²) in [5.74, 6) is 3.42. The molecule has 41 heavy (non-hydrogen) atoms. The van der Waals surface area contributed by atoms with Crippen LogP contribution in [0.15, 0.2) is 12.4 Å². The molecule has 0 bridgehead atoms. The Kier molecular flexibility index (Phi) is 8.24. The van der Waals surface area contributed by atoms with Crippen LogP contribution in [0.4, 0.5) is 0 Å². The molecule has 0 saturated heterocycles. The van der Waals surface area contributed by atoms with E-state index in [0.717, 1.165) is 37.2 Å². The van der Waals surface area contributed by atoms with E-state index in [4.69, 9.17) is 14.4 Å². The highest BCUT2D eigenvalue weighted by atomic mass is 28.4. The molecule has 1 aromatic heterocycles. The van der Waals surface area contributed by atoms with Gasteiger partial charge in [0.2, 0.25) is 0 Å².